The van der Waals surface area contributed by atoms with Crippen LogP contribution in [0.2, 0.25) is 0 Å². The van der Waals surface area contributed by atoms with Crippen molar-refractivity contribution in [3.8, 4) is 5.75 Å². The zero-order chi connectivity index (χ0) is 18.9. The average Bonchev–Trinajstić information content (AvgIpc) is 2.71. The van der Waals surface area contributed by atoms with E-state index in [1.165, 1.54) is 12.1 Å². The number of hydrogen-bond donors (Lipinski definition) is 0. The Morgan fingerprint density at radius 3 is 2.64 bits per heavy atom. The van der Waals surface area contributed by atoms with Crippen molar-refractivity contribution >= 4 is 18.2 Å². The molecule has 1 atom stereocenters. The predicted molar refractivity (Wildman–Crippen MR) is 111 cm³/mol. The average molecular weight is 404 g/mol. The molecule has 5 heteroatoms. The molecule has 0 aromatic heterocycles. The molecule has 1 aliphatic heterocycles. The van der Waals surface area contributed by atoms with Gasteiger partial charge in [-0.15, -0.1) is 12.4 Å². The fourth-order valence-corrected chi connectivity index (χ4v) is 4.70. The second kappa shape index (κ2) is 8.62. The number of piperidine rings is 1. The minimum atomic E-state index is -0.375. The van der Waals surface area contributed by atoms with Gasteiger partial charge in [-0.3, -0.25) is 9.69 Å². The van der Waals surface area contributed by atoms with Gasteiger partial charge in [-0.05, 0) is 86.5 Å². The van der Waals surface area contributed by atoms with Crippen molar-refractivity contribution in [2.24, 2.45) is 0 Å². The minimum Gasteiger partial charge on any atom is -0.497 e. The molecular weight excluding hydrogens is 377 g/mol. The molecule has 0 amide bonds. The monoisotopic (exact) mass is 403 g/mol. The molecule has 1 aliphatic carbocycles. The molecule has 1 spiro atoms. The molecule has 1 fully saturated rings. The van der Waals surface area contributed by atoms with E-state index in [-0.39, 0.29) is 29.5 Å². The number of aryl methyl sites for hydroxylation is 1. The van der Waals surface area contributed by atoms with Crippen molar-refractivity contribution < 1.29 is 13.9 Å². The number of benzene rings is 2. The molecule has 2 aliphatic rings. The number of halogens is 2. The Balaban J connectivity index is 0.00000225. The molecule has 1 saturated heterocycles. The first-order valence-corrected chi connectivity index (χ1v) is 9.84. The summed E-state index contributed by atoms with van der Waals surface area (Å²) >= 11 is 0. The third kappa shape index (κ3) is 3.81. The zero-order valence-electron chi connectivity index (χ0n) is 16.2. The van der Waals surface area contributed by atoms with Gasteiger partial charge in [-0.2, -0.15) is 0 Å². The van der Waals surface area contributed by atoms with Gasteiger partial charge >= 0.3 is 0 Å². The lowest BCUT2D eigenvalue weighted by molar-refractivity contribution is 0.0298. The number of carbonyl (C=O) groups is 1. The van der Waals surface area contributed by atoms with Crippen LogP contribution >= 0.6 is 12.4 Å². The van der Waals surface area contributed by atoms with Crippen LogP contribution in [0, 0.1) is 5.82 Å². The Labute approximate surface area is 172 Å². The first kappa shape index (κ1) is 20.8. The number of rotatable bonds is 4. The van der Waals surface area contributed by atoms with E-state index >= 15 is 0 Å². The maximum absolute atomic E-state index is 13.5. The lowest BCUT2D eigenvalue weighted by atomic mass is 9.71. The third-order valence-corrected chi connectivity index (χ3v) is 6.24. The molecule has 0 radical (unpaired) electrons. The van der Waals surface area contributed by atoms with Crippen molar-refractivity contribution in [1.82, 2.24) is 4.90 Å². The fraction of sp³-hybridized carbons (Fsp3) is 0.435. The molecule has 2 aromatic carbocycles. The summed E-state index contributed by atoms with van der Waals surface area (Å²) in [5.74, 6) is 0.877. The summed E-state index contributed by atoms with van der Waals surface area (Å²) in [7, 11) is 1.66. The number of nitrogens with zero attached hydrogens (tertiary/aromatic N) is 1. The van der Waals surface area contributed by atoms with Crippen molar-refractivity contribution in [1.29, 1.82) is 0 Å². The normalized spacial score (nSPS) is 21.9. The summed E-state index contributed by atoms with van der Waals surface area (Å²) in [6.07, 6.45) is 5.78. The lowest BCUT2D eigenvalue weighted by Crippen LogP contribution is -2.59. The van der Waals surface area contributed by atoms with Gasteiger partial charge in [0.05, 0.1) is 12.6 Å². The zero-order valence-corrected chi connectivity index (χ0v) is 17.1. The Kier molecular flexibility index (Phi) is 6.41. The SMILES string of the molecule is COc1ccc2c(c1)CC[C@]1(CCCCN1CCc1ccc(F)cc1)C2=O.Cl. The van der Waals surface area contributed by atoms with E-state index in [0.717, 1.165) is 74.1 Å². The summed E-state index contributed by atoms with van der Waals surface area (Å²) in [5, 5.41) is 0. The Hall–Kier alpha value is -1.91. The van der Waals surface area contributed by atoms with Gasteiger partial charge in [-0.25, -0.2) is 4.39 Å². The number of likely N-dealkylation sites (tertiary alicyclic amines) is 1. The number of hydrogen-bond acceptors (Lipinski definition) is 3. The van der Waals surface area contributed by atoms with Crippen LogP contribution in [0.5, 0.6) is 5.75 Å². The van der Waals surface area contributed by atoms with Crippen LogP contribution in [0.4, 0.5) is 4.39 Å². The van der Waals surface area contributed by atoms with Crippen LogP contribution in [0.3, 0.4) is 0 Å². The molecule has 150 valence electrons. The van der Waals surface area contributed by atoms with Gasteiger partial charge < -0.3 is 4.74 Å². The molecule has 2 aromatic rings. The third-order valence-electron chi connectivity index (χ3n) is 6.24. The van der Waals surface area contributed by atoms with Crippen molar-refractivity contribution in [3.63, 3.8) is 0 Å². The molecule has 4 rings (SSSR count). The number of carbonyl (C=O) groups excluding carboxylic acids is 1. The van der Waals surface area contributed by atoms with Crippen LogP contribution < -0.4 is 4.74 Å². The highest BCUT2D eigenvalue weighted by Crippen LogP contribution is 2.40. The topological polar surface area (TPSA) is 29.5 Å². The largest absolute Gasteiger partial charge is 0.497 e. The van der Waals surface area contributed by atoms with Crippen LogP contribution in [0.15, 0.2) is 42.5 Å². The van der Waals surface area contributed by atoms with Crippen LogP contribution in [0.1, 0.15) is 47.2 Å². The highest BCUT2D eigenvalue weighted by atomic mass is 35.5. The maximum Gasteiger partial charge on any atom is 0.183 e. The quantitative estimate of drug-likeness (QED) is 0.730. The van der Waals surface area contributed by atoms with E-state index in [2.05, 4.69) is 4.90 Å². The second-order valence-electron chi connectivity index (χ2n) is 7.70. The van der Waals surface area contributed by atoms with E-state index < -0.39 is 0 Å². The van der Waals surface area contributed by atoms with E-state index in [0.29, 0.717) is 0 Å². The molecule has 0 N–H and O–H groups in total. The molecule has 0 saturated carbocycles. The van der Waals surface area contributed by atoms with Gasteiger partial charge in [0.2, 0.25) is 0 Å². The summed E-state index contributed by atoms with van der Waals surface area (Å²) in [5.41, 5.74) is 2.70. The Morgan fingerprint density at radius 2 is 1.89 bits per heavy atom. The number of ketones is 1. The van der Waals surface area contributed by atoms with Crippen LogP contribution in [-0.4, -0.2) is 36.4 Å². The minimum absolute atomic E-state index is 0. The summed E-state index contributed by atoms with van der Waals surface area (Å²) in [4.78, 5) is 15.9. The Morgan fingerprint density at radius 1 is 1.11 bits per heavy atom. The Bertz CT molecular complexity index is 839. The van der Waals surface area contributed by atoms with Gasteiger partial charge in [0, 0.05) is 12.1 Å². The van der Waals surface area contributed by atoms with Crippen molar-refractivity contribution in [3.05, 3.63) is 65.0 Å². The van der Waals surface area contributed by atoms with Gasteiger partial charge in [0.1, 0.15) is 11.6 Å². The van der Waals surface area contributed by atoms with E-state index in [4.69, 9.17) is 4.74 Å². The standard InChI is InChI=1S/C23H26FNO2.ClH/c1-27-20-8-9-21-18(16-20)10-13-23(22(21)26)12-2-3-14-25(23)15-11-17-4-6-19(24)7-5-17;/h4-9,16H,2-3,10-15H2,1H3;1H/t23-;/m1./s1. The van der Waals surface area contributed by atoms with Gasteiger partial charge in [0.25, 0.3) is 0 Å². The van der Waals surface area contributed by atoms with Crippen molar-refractivity contribution in [2.75, 3.05) is 20.2 Å². The lowest BCUT2D eigenvalue weighted by Gasteiger charge is -2.48. The molecule has 0 unspecified atom stereocenters. The number of fused-ring (bicyclic) bond motifs is 1. The molecule has 0 bridgehead atoms. The highest BCUT2D eigenvalue weighted by Gasteiger charge is 2.47. The fourth-order valence-electron chi connectivity index (χ4n) is 4.70. The number of methoxy groups -OCH3 is 1. The first-order chi connectivity index (χ1) is 13.1. The van der Waals surface area contributed by atoms with E-state index in [1.54, 1.807) is 7.11 Å². The summed E-state index contributed by atoms with van der Waals surface area (Å²) in [6, 6.07) is 12.5. The second-order valence-corrected chi connectivity index (χ2v) is 7.70. The van der Waals surface area contributed by atoms with E-state index in [1.807, 2.05) is 30.3 Å². The van der Waals surface area contributed by atoms with Gasteiger partial charge in [0.15, 0.2) is 5.78 Å². The predicted octanol–water partition coefficient (Wildman–Crippen LogP) is 4.85. The summed E-state index contributed by atoms with van der Waals surface area (Å²) in [6.45, 7) is 1.79. The van der Waals surface area contributed by atoms with E-state index in [9.17, 15) is 9.18 Å². The van der Waals surface area contributed by atoms with Crippen molar-refractivity contribution in [2.45, 2.75) is 44.1 Å². The molecule has 28 heavy (non-hydrogen) atoms. The first-order valence-electron chi connectivity index (χ1n) is 9.84. The smallest absolute Gasteiger partial charge is 0.183 e. The molecule has 3 nitrogen and oxygen atoms in total. The number of ether oxygens (including phenoxy) is 1. The van der Waals surface area contributed by atoms with Gasteiger partial charge in [-0.1, -0.05) is 12.1 Å². The highest BCUT2D eigenvalue weighted by molar-refractivity contribution is 6.05. The number of Topliss-reactive ketones (excluding diaryl/α,β-unsaturated/α-hetero) is 1. The summed E-state index contributed by atoms with van der Waals surface area (Å²) < 4.78 is 18.5. The maximum atomic E-state index is 13.5. The molecule has 1 heterocycles. The van der Waals surface area contributed by atoms with Crippen LogP contribution in [0.25, 0.3) is 0 Å². The van der Waals surface area contributed by atoms with Crippen LogP contribution in [-0.2, 0) is 12.8 Å². The molecular formula is C23H27ClFNO2.